The molecule has 1 fully saturated rings. The predicted octanol–water partition coefficient (Wildman–Crippen LogP) is 3.41. The molecule has 0 aliphatic carbocycles. The normalized spacial score (nSPS) is 18.3. The fraction of sp³-hybridized carbons (Fsp3) is 0.480. The van der Waals surface area contributed by atoms with E-state index in [1.165, 1.54) is 11.1 Å². The van der Waals surface area contributed by atoms with Crippen molar-refractivity contribution in [2.75, 3.05) is 18.5 Å². The van der Waals surface area contributed by atoms with Crippen molar-refractivity contribution in [1.29, 1.82) is 0 Å². The maximum absolute atomic E-state index is 13.2. The largest absolute Gasteiger partial charge is 0.332 e. The number of anilines is 1. The molecular formula is C25H30N6O2. The van der Waals surface area contributed by atoms with E-state index >= 15 is 0 Å². The second-order valence-electron chi connectivity index (χ2n) is 9.28. The SMILES string of the molecule is Cc1cc2ncn(CCC(=O)N3CCC[C@@H]3c3nc(C)c4c(n3)N(C)C(=O)CC4)c2cc1C. The first-order chi connectivity index (χ1) is 15.8. The molecule has 2 aromatic heterocycles. The van der Waals surface area contributed by atoms with E-state index in [0.717, 1.165) is 35.1 Å². The molecule has 2 amide bonds. The Morgan fingerprint density at radius 1 is 1.12 bits per heavy atom. The lowest BCUT2D eigenvalue weighted by atomic mass is 10.0. The average molecular weight is 447 g/mol. The third-order valence-electron chi connectivity index (χ3n) is 7.16. The van der Waals surface area contributed by atoms with E-state index in [1.54, 1.807) is 11.9 Å². The molecule has 2 aliphatic heterocycles. The molecular weight excluding hydrogens is 416 g/mol. The minimum absolute atomic E-state index is 0.0730. The van der Waals surface area contributed by atoms with Gasteiger partial charge in [0.1, 0.15) is 5.82 Å². The van der Waals surface area contributed by atoms with Crippen molar-refractivity contribution in [3.05, 3.63) is 46.7 Å². The monoisotopic (exact) mass is 446 g/mol. The molecule has 0 bridgehead atoms. The summed E-state index contributed by atoms with van der Waals surface area (Å²) < 4.78 is 2.06. The number of carbonyl (C=O) groups excluding carboxylic acids is 2. The standard InChI is InChI=1S/C25H30N6O2/c1-15-12-19-21(13-16(15)2)30(14-26-19)11-9-23(33)31-10-5-6-20(31)24-27-17(3)18-7-8-22(32)29(4)25(18)28-24/h12-14,20H,5-11H2,1-4H3/t20-/m1/s1. The summed E-state index contributed by atoms with van der Waals surface area (Å²) in [6.07, 6.45) is 5.16. The molecule has 33 heavy (non-hydrogen) atoms. The van der Waals surface area contributed by atoms with Crippen molar-refractivity contribution < 1.29 is 9.59 Å². The number of carbonyl (C=O) groups is 2. The van der Waals surface area contributed by atoms with E-state index in [1.807, 2.05) is 18.2 Å². The highest BCUT2D eigenvalue weighted by atomic mass is 16.2. The highest BCUT2D eigenvalue weighted by molar-refractivity contribution is 5.94. The number of imidazole rings is 1. The van der Waals surface area contributed by atoms with Gasteiger partial charge in [-0.15, -0.1) is 0 Å². The Morgan fingerprint density at radius 2 is 1.91 bits per heavy atom. The fourth-order valence-corrected chi connectivity index (χ4v) is 5.02. The van der Waals surface area contributed by atoms with Crippen LogP contribution in [0.5, 0.6) is 0 Å². The molecule has 1 saturated heterocycles. The van der Waals surface area contributed by atoms with Gasteiger partial charge in [0, 0.05) is 44.2 Å². The molecule has 1 atom stereocenters. The van der Waals surface area contributed by atoms with Gasteiger partial charge in [-0.25, -0.2) is 15.0 Å². The van der Waals surface area contributed by atoms with Gasteiger partial charge in [0.15, 0.2) is 5.82 Å². The van der Waals surface area contributed by atoms with Crippen LogP contribution in [0.2, 0.25) is 0 Å². The molecule has 8 heteroatoms. The van der Waals surface area contributed by atoms with Crippen LogP contribution in [0.4, 0.5) is 5.82 Å². The number of likely N-dealkylation sites (tertiary alicyclic amines) is 1. The summed E-state index contributed by atoms with van der Waals surface area (Å²) in [6, 6.07) is 4.09. The second kappa shape index (κ2) is 8.24. The molecule has 172 valence electrons. The summed E-state index contributed by atoms with van der Waals surface area (Å²) in [6.45, 7) is 7.45. The Labute approximate surface area is 193 Å². The van der Waals surface area contributed by atoms with Crippen molar-refractivity contribution in [3.8, 4) is 0 Å². The zero-order valence-corrected chi connectivity index (χ0v) is 19.8. The molecule has 0 radical (unpaired) electrons. The Bertz CT molecular complexity index is 1260. The third-order valence-corrected chi connectivity index (χ3v) is 7.16. The molecule has 0 unspecified atom stereocenters. The summed E-state index contributed by atoms with van der Waals surface area (Å²) in [5, 5.41) is 0. The molecule has 4 heterocycles. The van der Waals surface area contributed by atoms with E-state index in [2.05, 4.69) is 35.5 Å². The van der Waals surface area contributed by atoms with Crippen LogP contribution < -0.4 is 4.90 Å². The molecule has 1 aromatic carbocycles. The van der Waals surface area contributed by atoms with Crippen LogP contribution in [-0.4, -0.2) is 49.8 Å². The van der Waals surface area contributed by atoms with E-state index < -0.39 is 0 Å². The molecule has 3 aromatic rings. The summed E-state index contributed by atoms with van der Waals surface area (Å²) in [4.78, 5) is 43.0. The molecule has 5 rings (SSSR count). The predicted molar refractivity (Wildman–Crippen MR) is 126 cm³/mol. The first-order valence-corrected chi connectivity index (χ1v) is 11.7. The fourth-order valence-electron chi connectivity index (χ4n) is 5.02. The highest BCUT2D eigenvalue weighted by Crippen LogP contribution is 2.34. The van der Waals surface area contributed by atoms with Crippen LogP contribution in [0.1, 0.15) is 59.9 Å². The molecule has 2 aliphatic rings. The van der Waals surface area contributed by atoms with Gasteiger partial charge in [-0.1, -0.05) is 0 Å². The van der Waals surface area contributed by atoms with Crippen LogP contribution in [0.3, 0.4) is 0 Å². The third kappa shape index (κ3) is 3.77. The summed E-state index contributed by atoms with van der Waals surface area (Å²) in [5.74, 6) is 1.52. The van der Waals surface area contributed by atoms with E-state index in [-0.39, 0.29) is 17.9 Å². The summed E-state index contributed by atoms with van der Waals surface area (Å²) >= 11 is 0. The van der Waals surface area contributed by atoms with Gasteiger partial charge < -0.3 is 9.47 Å². The number of benzene rings is 1. The number of amides is 2. The Morgan fingerprint density at radius 3 is 2.73 bits per heavy atom. The van der Waals surface area contributed by atoms with E-state index in [0.29, 0.717) is 44.0 Å². The maximum Gasteiger partial charge on any atom is 0.228 e. The lowest BCUT2D eigenvalue weighted by Gasteiger charge is -2.29. The van der Waals surface area contributed by atoms with E-state index in [4.69, 9.17) is 9.97 Å². The van der Waals surface area contributed by atoms with Crippen LogP contribution in [0.25, 0.3) is 11.0 Å². The number of hydrogen-bond acceptors (Lipinski definition) is 5. The van der Waals surface area contributed by atoms with E-state index in [9.17, 15) is 9.59 Å². The quantitative estimate of drug-likeness (QED) is 0.613. The Balaban J connectivity index is 1.35. The van der Waals surface area contributed by atoms with Crippen LogP contribution in [0, 0.1) is 20.8 Å². The summed E-state index contributed by atoms with van der Waals surface area (Å²) in [7, 11) is 1.77. The smallest absolute Gasteiger partial charge is 0.228 e. The van der Waals surface area contributed by atoms with Crippen molar-refractivity contribution in [2.24, 2.45) is 0 Å². The van der Waals surface area contributed by atoms with Gasteiger partial charge in [0.05, 0.1) is 23.4 Å². The molecule has 8 nitrogen and oxygen atoms in total. The van der Waals surface area contributed by atoms with Crippen LogP contribution >= 0.6 is 0 Å². The number of fused-ring (bicyclic) bond motifs is 2. The number of aromatic nitrogens is 4. The Hall–Kier alpha value is -3.29. The first-order valence-electron chi connectivity index (χ1n) is 11.7. The van der Waals surface area contributed by atoms with Crippen molar-refractivity contribution in [2.45, 2.75) is 65.5 Å². The lowest BCUT2D eigenvalue weighted by Crippen LogP contribution is -2.35. The topological polar surface area (TPSA) is 84.2 Å². The minimum atomic E-state index is -0.142. The average Bonchev–Trinajstić information content (AvgIpc) is 3.42. The van der Waals surface area contributed by atoms with Crippen molar-refractivity contribution >= 4 is 28.7 Å². The summed E-state index contributed by atoms with van der Waals surface area (Å²) in [5.41, 5.74) is 6.40. The van der Waals surface area contributed by atoms with Gasteiger partial charge in [-0.3, -0.25) is 14.5 Å². The van der Waals surface area contributed by atoms with Gasteiger partial charge in [0.2, 0.25) is 11.8 Å². The minimum Gasteiger partial charge on any atom is -0.332 e. The number of rotatable bonds is 4. The molecule has 0 N–H and O–H groups in total. The van der Waals surface area contributed by atoms with Gasteiger partial charge >= 0.3 is 0 Å². The second-order valence-corrected chi connectivity index (χ2v) is 9.28. The zero-order chi connectivity index (χ0) is 23.3. The molecule has 0 saturated carbocycles. The van der Waals surface area contributed by atoms with Crippen LogP contribution in [0.15, 0.2) is 18.5 Å². The van der Waals surface area contributed by atoms with Crippen LogP contribution in [-0.2, 0) is 22.6 Å². The number of nitrogens with zero attached hydrogens (tertiary/aromatic N) is 6. The maximum atomic E-state index is 13.2. The zero-order valence-electron chi connectivity index (χ0n) is 19.8. The van der Waals surface area contributed by atoms with Gasteiger partial charge in [0.25, 0.3) is 0 Å². The molecule has 0 spiro atoms. The first kappa shape index (κ1) is 21.6. The highest BCUT2D eigenvalue weighted by Gasteiger charge is 2.34. The van der Waals surface area contributed by atoms with Gasteiger partial charge in [-0.05, 0) is 63.3 Å². The number of aryl methyl sites for hydroxylation is 4. The number of hydrogen-bond donors (Lipinski definition) is 0. The van der Waals surface area contributed by atoms with Crippen molar-refractivity contribution in [1.82, 2.24) is 24.4 Å². The van der Waals surface area contributed by atoms with Gasteiger partial charge in [-0.2, -0.15) is 0 Å². The Kier molecular flexibility index (Phi) is 5.38. The lowest BCUT2D eigenvalue weighted by molar-refractivity contribution is -0.132. The van der Waals surface area contributed by atoms with Crippen molar-refractivity contribution in [3.63, 3.8) is 0 Å².